The molecule has 1 saturated heterocycles. The lowest BCUT2D eigenvalue weighted by Crippen LogP contribution is -2.50. The molecule has 2 amide bonds. The highest BCUT2D eigenvalue weighted by atomic mass is 16.2. The molecule has 110 valence electrons. The molecular weight excluding hydrogens is 270 g/mol. The van der Waals surface area contributed by atoms with Crippen LogP contribution in [0.4, 0.5) is 0 Å². The van der Waals surface area contributed by atoms with E-state index in [-0.39, 0.29) is 17.9 Å². The number of carbonyl (C=O) groups excluding carboxylic acids is 2. The van der Waals surface area contributed by atoms with Crippen molar-refractivity contribution in [3.63, 3.8) is 0 Å². The predicted octanol–water partition coefficient (Wildman–Crippen LogP) is 0.172. The van der Waals surface area contributed by atoms with Crippen LogP contribution in [0.15, 0.2) is 12.3 Å². The number of imide groups is 1. The summed E-state index contributed by atoms with van der Waals surface area (Å²) in [5.41, 5.74) is 2.77. The predicted molar refractivity (Wildman–Crippen MR) is 76.3 cm³/mol. The Morgan fingerprint density at radius 3 is 3.05 bits per heavy atom. The fourth-order valence-electron chi connectivity index (χ4n) is 2.58. The van der Waals surface area contributed by atoms with E-state index in [9.17, 15) is 9.59 Å². The summed E-state index contributed by atoms with van der Waals surface area (Å²) in [5.74, 6) is -0.454. The number of nitrogens with zero attached hydrogens (tertiary/aromatic N) is 3. The molecule has 0 saturated carbocycles. The van der Waals surface area contributed by atoms with Crippen molar-refractivity contribution in [3.8, 4) is 0 Å². The number of rotatable bonds is 3. The Morgan fingerprint density at radius 2 is 2.29 bits per heavy atom. The van der Waals surface area contributed by atoms with E-state index in [1.807, 2.05) is 20.0 Å². The molecule has 3 heterocycles. The third-order valence-electron chi connectivity index (χ3n) is 3.71. The molecule has 7 nitrogen and oxygen atoms in total. The number of fused-ring (bicyclic) bond motifs is 1. The van der Waals surface area contributed by atoms with Crippen LogP contribution in [0, 0.1) is 6.92 Å². The molecule has 0 bridgehead atoms. The van der Waals surface area contributed by atoms with Gasteiger partial charge in [0.1, 0.15) is 0 Å². The van der Waals surface area contributed by atoms with Crippen molar-refractivity contribution in [3.05, 3.63) is 23.5 Å². The lowest BCUT2D eigenvalue weighted by atomic mass is 10.1. The van der Waals surface area contributed by atoms with Crippen molar-refractivity contribution in [1.82, 2.24) is 25.4 Å². The van der Waals surface area contributed by atoms with Gasteiger partial charge in [-0.15, -0.1) is 0 Å². The van der Waals surface area contributed by atoms with Gasteiger partial charge in [-0.05, 0) is 25.0 Å². The first-order valence-electron chi connectivity index (χ1n) is 6.90. The first-order chi connectivity index (χ1) is 10.0. The quantitative estimate of drug-likeness (QED) is 0.786. The molecule has 7 heteroatoms. The van der Waals surface area contributed by atoms with E-state index in [1.165, 1.54) is 0 Å². The van der Waals surface area contributed by atoms with Gasteiger partial charge in [0.15, 0.2) is 5.65 Å². The molecule has 1 unspecified atom stereocenters. The van der Waals surface area contributed by atoms with Gasteiger partial charge >= 0.3 is 0 Å². The van der Waals surface area contributed by atoms with Gasteiger partial charge in [0.25, 0.3) is 0 Å². The molecule has 0 aromatic carbocycles. The van der Waals surface area contributed by atoms with Crippen LogP contribution >= 0.6 is 0 Å². The van der Waals surface area contributed by atoms with E-state index in [0.29, 0.717) is 19.4 Å². The van der Waals surface area contributed by atoms with E-state index in [1.54, 1.807) is 10.9 Å². The molecule has 1 aliphatic heterocycles. The van der Waals surface area contributed by atoms with Crippen molar-refractivity contribution in [2.24, 2.45) is 7.05 Å². The number of hydrogen-bond donors (Lipinski definition) is 2. The third kappa shape index (κ3) is 2.64. The molecule has 21 heavy (non-hydrogen) atoms. The first kappa shape index (κ1) is 13.7. The van der Waals surface area contributed by atoms with Gasteiger partial charge in [-0.1, -0.05) is 0 Å². The van der Waals surface area contributed by atoms with E-state index in [0.717, 1.165) is 22.3 Å². The van der Waals surface area contributed by atoms with E-state index >= 15 is 0 Å². The zero-order chi connectivity index (χ0) is 15.0. The normalized spacial score (nSPS) is 19.0. The molecule has 0 spiro atoms. The van der Waals surface area contributed by atoms with Crippen LogP contribution in [0.5, 0.6) is 0 Å². The van der Waals surface area contributed by atoms with Gasteiger partial charge in [0.05, 0.1) is 11.7 Å². The highest BCUT2D eigenvalue weighted by Gasteiger charge is 2.25. The minimum Gasteiger partial charge on any atom is -0.302 e. The second-order valence-corrected chi connectivity index (χ2v) is 5.31. The number of hydrogen-bond acceptors (Lipinski definition) is 5. The SMILES string of the molecule is Cc1nn(C)c2ncc(CNC3CCC(=O)NC3=O)cc12. The van der Waals surface area contributed by atoms with Crippen LogP contribution in [-0.2, 0) is 23.2 Å². The van der Waals surface area contributed by atoms with Gasteiger partial charge < -0.3 is 5.32 Å². The standard InChI is InChI=1S/C14H17N5O2/c1-8-10-5-9(7-16-13(10)19(2)18-8)6-15-11-3-4-12(20)17-14(11)21/h5,7,11,15H,3-4,6H2,1-2H3,(H,17,20,21). The Labute approximate surface area is 121 Å². The van der Waals surface area contributed by atoms with Crippen LogP contribution in [0.25, 0.3) is 11.0 Å². The maximum absolute atomic E-state index is 11.7. The van der Waals surface area contributed by atoms with Gasteiger partial charge in [0, 0.05) is 31.6 Å². The van der Waals surface area contributed by atoms with E-state index in [2.05, 4.69) is 20.7 Å². The largest absolute Gasteiger partial charge is 0.302 e. The molecule has 0 aliphatic carbocycles. The Bertz CT molecular complexity index is 721. The Balaban J connectivity index is 1.72. The number of carbonyl (C=O) groups is 2. The third-order valence-corrected chi connectivity index (χ3v) is 3.71. The van der Waals surface area contributed by atoms with Gasteiger partial charge in [-0.25, -0.2) is 4.98 Å². The summed E-state index contributed by atoms with van der Waals surface area (Å²) in [5, 5.41) is 10.9. The highest BCUT2D eigenvalue weighted by molar-refractivity contribution is 6.00. The summed E-state index contributed by atoms with van der Waals surface area (Å²) in [6, 6.07) is 1.71. The van der Waals surface area contributed by atoms with Crippen LogP contribution in [0.2, 0.25) is 0 Å². The zero-order valence-electron chi connectivity index (χ0n) is 12.0. The van der Waals surface area contributed by atoms with Crippen molar-refractivity contribution in [2.45, 2.75) is 32.4 Å². The van der Waals surface area contributed by atoms with E-state index < -0.39 is 0 Å². The lowest BCUT2D eigenvalue weighted by Gasteiger charge is -2.21. The number of amides is 2. The Kier molecular flexibility index (Phi) is 3.42. The monoisotopic (exact) mass is 287 g/mol. The second kappa shape index (κ2) is 5.25. The fraction of sp³-hybridized carbons (Fsp3) is 0.429. The summed E-state index contributed by atoms with van der Waals surface area (Å²) in [6.45, 7) is 2.48. The average molecular weight is 287 g/mol. The Hall–Kier alpha value is -2.28. The average Bonchev–Trinajstić information content (AvgIpc) is 2.73. The van der Waals surface area contributed by atoms with Gasteiger partial charge in [-0.3, -0.25) is 19.6 Å². The lowest BCUT2D eigenvalue weighted by molar-refractivity contribution is -0.134. The van der Waals surface area contributed by atoms with Gasteiger partial charge in [-0.2, -0.15) is 5.10 Å². The van der Waals surface area contributed by atoms with Crippen molar-refractivity contribution >= 4 is 22.8 Å². The molecular formula is C14H17N5O2. The number of piperidine rings is 1. The maximum Gasteiger partial charge on any atom is 0.243 e. The van der Waals surface area contributed by atoms with Gasteiger partial charge in [0.2, 0.25) is 11.8 Å². The molecule has 1 atom stereocenters. The van der Waals surface area contributed by atoms with Crippen molar-refractivity contribution in [1.29, 1.82) is 0 Å². The molecule has 2 aromatic rings. The number of aromatic nitrogens is 3. The smallest absolute Gasteiger partial charge is 0.243 e. The van der Waals surface area contributed by atoms with Crippen molar-refractivity contribution < 1.29 is 9.59 Å². The second-order valence-electron chi connectivity index (χ2n) is 5.31. The summed E-state index contributed by atoms with van der Waals surface area (Å²) in [6.07, 6.45) is 2.69. The molecule has 2 aromatic heterocycles. The molecule has 2 N–H and O–H groups in total. The topological polar surface area (TPSA) is 88.9 Å². The minimum atomic E-state index is -0.326. The van der Waals surface area contributed by atoms with Crippen LogP contribution < -0.4 is 10.6 Å². The Morgan fingerprint density at radius 1 is 1.48 bits per heavy atom. The summed E-state index contributed by atoms with van der Waals surface area (Å²) in [7, 11) is 1.86. The van der Waals surface area contributed by atoms with Crippen LogP contribution in [-0.4, -0.2) is 32.6 Å². The summed E-state index contributed by atoms with van der Waals surface area (Å²) >= 11 is 0. The molecule has 1 aliphatic rings. The molecule has 3 rings (SSSR count). The number of nitrogens with one attached hydrogen (secondary N) is 2. The van der Waals surface area contributed by atoms with E-state index in [4.69, 9.17) is 0 Å². The minimum absolute atomic E-state index is 0.202. The zero-order valence-corrected chi connectivity index (χ0v) is 12.0. The number of pyridine rings is 1. The maximum atomic E-state index is 11.7. The molecule has 1 fully saturated rings. The molecule has 0 radical (unpaired) electrons. The highest BCUT2D eigenvalue weighted by Crippen LogP contribution is 2.16. The van der Waals surface area contributed by atoms with Crippen molar-refractivity contribution in [2.75, 3.05) is 0 Å². The first-order valence-corrected chi connectivity index (χ1v) is 6.90. The number of aryl methyl sites for hydroxylation is 2. The fourth-order valence-corrected chi connectivity index (χ4v) is 2.58. The van der Waals surface area contributed by atoms with Crippen LogP contribution in [0.3, 0.4) is 0 Å². The summed E-state index contributed by atoms with van der Waals surface area (Å²) in [4.78, 5) is 27.2. The van der Waals surface area contributed by atoms with Crippen LogP contribution in [0.1, 0.15) is 24.1 Å². The summed E-state index contributed by atoms with van der Waals surface area (Å²) < 4.78 is 1.75.